The molecule has 0 fully saturated rings. The Bertz CT molecular complexity index is 1270. The zero-order chi connectivity index (χ0) is 22.9. The summed E-state index contributed by atoms with van der Waals surface area (Å²) in [6, 6.07) is 21.3. The van der Waals surface area contributed by atoms with E-state index in [1.807, 2.05) is 36.1 Å². The highest BCUT2D eigenvalue weighted by atomic mass is 19.1. The van der Waals surface area contributed by atoms with Crippen LogP contribution in [0.2, 0.25) is 0 Å². The van der Waals surface area contributed by atoms with Crippen molar-refractivity contribution in [2.24, 2.45) is 0 Å². The van der Waals surface area contributed by atoms with Crippen LogP contribution in [-0.4, -0.2) is 29.9 Å². The molecule has 2 aliphatic rings. The topological polar surface area (TPSA) is 49.9 Å². The number of rotatable bonds is 6. The van der Waals surface area contributed by atoms with E-state index in [4.69, 9.17) is 4.74 Å². The first-order chi connectivity index (χ1) is 16.1. The normalized spacial score (nSPS) is 15.5. The first kappa shape index (κ1) is 20.9. The molecule has 0 bridgehead atoms. The van der Waals surface area contributed by atoms with Gasteiger partial charge in [0.15, 0.2) is 0 Å². The summed E-state index contributed by atoms with van der Waals surface area (Å²) in [5.41, 5.74) is 3.65. The summed E-state index contributed by atoms with van der Waals surface area (Å²) in [6.45, 7) is 2.91. The van der Waals surface area contributed by atoms with Gasteiger partial charge in [-0.15, -0.1) is 0 Å². The van der Waals surface area contributed by atoms with Crippen molar-refractivity contribution in [3.8, 4) is 5.75 Å². The summed E-state index contributed by atoms with van der Waals surface area (Å²) in [5, 5.41) is 0. The smallest absolute Gasteiger partial charge is 0.278 e. The fourth-order valence-corrected chi connectivity index (χ4v) is 4.47. The number of nitrogens with zero attached hydrogens (tertiary/aromatic N) is 2. The Kier molecular flexibility index (Phi) is 5.42. The molecule has 0 atom stereocenters. The lowest BCUT2D eigenvalue weighted by molar-refractivity contribution is -0.137. The SMILES string of the molecule is CCOc1ccc(C2=C(N3CCc4ccccc43)C(=O)N(Cc3ccccc3F)C2=O)cc1. The Balaban J connectivity index is 1.59. The van der Waals surface area contributed by atoms with Crippen molar-refractivity contribution in [2.45, 2.75) is 19.9 Å². The molecular weight excluding hydrogens is 419 g/mol. The highest BCUT2D eigenvalue weighted by molar-refractivity contribution is 6.36. The Morgan fingerprint density at radius 1 is 0.909 bits per heavy atom. The Labute approximate surface area is 191 Å². The summed E-state index contributed by atoms with van der Waals surface area (Å²) in [6.07, 6.45) is 0.783. The average Bonchev–Trinajstić information content (AvgIpc) is 3.35. The number of carbonyl (C=O) groups excluding carboxylic acids is 2. The van der Waals surface area contributed by atoms with Crippen LogP contribution >= 0.6 is 0 Å². The van der Waals surface area contributed by atoms with E-state index >= 15 is 0 Å². The van der Waals surface area contributed by atoms with E-state index in [2.05, 4.69) is 0 Å². The maximum absolute atomic E-state index is 14.3. The predicted octanol–water partition coefficient (Wildman–Crippen LogP) is 4.57. The molecule has 0 unspecified atom stereocenters. The first-order valence-corrected chi connectivity index (χ1v) is 11.0. The molecule has 166 valence electrons. The predicted molar refractivity (Wildman–Crippen MR) is 124 cm³/mol. The van der Waals surface area contributed by atoms with Crippen LogP contribution in [0, 0.1) is 5.82 Å². The zero-order valence-corrected chi connectivity index (χ0v) is 18.3. The third-order valence-electron chi connectivity index (χ3n) is 6.04. The summed E-state index contributed by atoms with van der Waals surface area (Å²) >= 11 is 0. The van der Waals surface area contributed by atoms with Crippen LogP contribution in [0.3, 0.4) is 0 Å². The number of benzene rings is 3. The van der Waals surface area contributed by atoms with Crippen LogP contribution in [0.15, 0.2) is 78.5 Å². The summed E-state index contributed by atoms with van der Waals surface area (Å²) in [5.74, 6) is -0.591. The van der Waals surface area contributed by atoms with E-state index in [-0.39, 0.29) is 6.54 Å². The van der Waals surface area contributed by atoms with E-state index in [9.17, 15) is 14.0 Å². The Morgan fingerprint density at radius 3 is 2.39 bits per heavy atom. The van der Waals surface area contributed by atoms with Crippen molar-refractivity contribution in [1.29, 1.82) is 0 Å². The summed E-state index contributed by atoms with van der Waals surface area (Å²) in [4.78, 5) is 30.3. The molecule has 0 aliphatic carbocycles. The molecule has 0 saturated heterocycles. The third kappa shape index (κ3) is 3.67. The number of carbonyl (C=O) groups is 2. The number of ether oxygens (including phenoxy) is 1. The van der Waals surface area contributed by atoms with Crippen LogP contribution in [0.4, 0.5) is 10.1 Å². The van der Waals surface area contributed by atoms with Gasteiger partial charge in [0.2, 0.25) is 0 Å². The lowest BCUT2D eigenvalue weighted by Crippen LogP contribution is -2.34. The molecule has 33 heavy (non-hydrogen) atoms. The number of hydrogen-bond acceptors (Lipinski definition) is 4. The Hall–Kier alpha value is -3.93. The molecule has 3 aromatic rings. The molecule has 0 aromatic heterocycles. The summed E-state index contributed by atoms with van der Waals surface area (Å²) in [7, 11) is 0. The van der Waals surface area contributed by atoms with Crippen molar-refractivity contribution < 1.29 is 18.7 Å². The van der Waals surface area contributed by atoms with Crippen LogP contribution in [0.25, 0.3) is 5.57 Å². The highest BCUT2D eigenvalue weighted by Gasteiger charge is 2.43. The number of amides is 2. The molecule has 3 aromatic carbocycles. The lowest BCUT2D eigenvalue weighted by Gasteiger charge is -2.22. The molecule has 5 nitrogen and oxygen atoms in total. The molecular formula is C27H23FN2O3. The quantitative estimate of drug-likeness (QED) is 0.525. The molecule has 0 radical (unpaired) electrons. The lowest BCUT2D eigenvalue weighted by atomic mass is 10.0. The van der Waals surface area contributed by atoms with Gasteiger partial charge in [0.25, 0.3) is 11.8 Å². The highest BCUT2D eigenvalue weighted by Crippen LogP contribution is 2.39. The van der Waals surface area contributed by atoms with Crippen molar-refractivity contribution >= 4 is 23.1 Å². The molecule has 0 saturated carbocycles. The van der Waals surface area contributed by atoms with E-state index in [0.29, 0.717) is 41.3 Å². The minimum Gasteiger partial charge on any atom is -0.494 e. The minimum atomic E-state index is -0.444. The molecule has 5 rings (SSSR count). The number of anilines is 1. The van der Waals surface area contributed by atoms with Gasteiger partial charge < -0.3 is 9.64 Å². The zero-order valence-electron chi connectivity index (χ0n) is 18.3. The van der Waals surface area contributed by atoms with Crippen molar-refractivity contribution in [3.63, 3.8) is 0 Å². The number of halogens is 1. The second kappa shape index (κ2) is 8.54. The number of fused-ring (bicyclic) bond motifs is 1. The molecule has 2 aliphatic heterocycles. The molecule has 2 heterocycles. The molecule has 0 N–H and O–H groups in total. The summed E-state index contributed by atoms with van der Waals surface area (Å²) < 4.78 is 19.9. The van der Waals surface area contributed by atoms with Gasteiger partial charge >= 0.3 is 0 Å². The van der Waals surface area contributed by atoms with Crippen molar-refractivity contribution in [1.82, 2.24) is 4.90 Å². The maximum atomic E-state index is 14.3. The molecule has 0 spiro atoms. The monoisotopic (exact) mass is 442 g/mol. The van der Waals surface area contributed by atoms with E-state index in [0.717, 1.165) is 22.6 Å². The van der Waals surface area contributed by atoms with Gasteiger partial charge in [-0.25, -0.2) is 4.39 Å². The van der Waals surface area contributed by atoms with Crippen LogP contribution in [0.5, 0.6) is 5.75 Å². The van der Waals surface area contributed by atoms with Crippen molar-refractivity contribution in [3.05, 3.63) is 101 Å². The molecule has 2 amide bonds. The fraction of sp³-hybridized carbons (Fsp3) is 0.185. The van der Waals surface area contributed by atoms with Gasteiger partial charge in [-0.05, 0) is 48.7 Å². The van der Waals surface area contributed by atoms with E-state index in [1.54, 1.807) is 42.5 Å². The fourth-order valence-electron chi connectivity index (χ4n) is 4.47. The van der Waals surface area contributed by atoms with Crippen LogP contribution in [-0.2, 0) is 22.6 Å². The Morgan fingerprint density at radius 2 is 1.64 bits per heavy atom. The van der Waals surface area contributed by atoms with Crippen molar-refractivity contribution in [2.75, 3.05) is 18.1 Å². The number of para-hydroxylation sites is 1. The number of imide groups is 1. The minimum absolute atomic E-state index is 0.121. The van der Waals surface area contributed by atoms with Gasteiger partial charge in [-0.3, -0.25) is 14.5 Å². The second-order valence-electron chi connectivity index (χ2n) is 8.00. The van der Waals surface area contributed by atoms with Gasteiger partial charge in [0, 0.05) is 17.8 Å². The van der Waals surface area contributed by atoms with Crippen LogP contribution < -0.4 is 9.64 Å². The van der Waals surface area contributed by atoms with E-state index < -0.39 is 17.6 Å². The largest absolute Gasteiger partial charge is 0.494 e. The first-order valence-electron chi connectivity index (χ1n) is 11.0. The van der Waals surface area contributed by atoms with Gasteiger partial charge in [0.1, 0.15) is 17.3 Å². The van der Waals surface area contributed by atoms with Crippen LogP contribution in [0.1, 0.15) is 23.6 Å². The molecule has 6 heteroatoms. The van der Waals surface area contributed by atoms with Gasteiger partial charge in [-0.2, -0.15) is 0 Å². The average molecular weight is 442 g/mol. The number of hydrogen-bond donors (Lipinski definition) is 0. The third-order valence-corrected chi connectivity index (χ3v) is 6.04. The standard InChI is InChI=1S/C27H23FN2O3/c1-2-33-21-13-11-19(12-14-21)24-25(29-16-15-18-7-4-6-10-23(18)29)27(32)30(26(24)31)17-20-8-3-5-9-22(20)28/h3-14H,2,15-17H2,1H3. The van der Waals surface area contributed by atoms with Gasteiger partial charge in [0.05, 0.1) is 18.7 Å². The second-order valence-corrected chi connectivity index (χ2v) is 8.00. The maximum Gasteiger partial charge on any atom is 0.278 e. The van der Waals surface area contributed by atoms with Gasteiger partial charge in [-0.1, -0.05) is 48.5 Å². The van der Waals surface area contributed by atoms with E-state index in [1.165, 1.54) is 6.07 Å².